The molecular weight excluding hydrogens is 1550 g/mol. The molecule has 0 aromatic heterocycles. The standard InChI is InChI=1S/C117H86BN5S2/c1-115(2,3)81-69-88(75-36-12-7-13-37-75)113(89(70-81)76-38-14-8-15-39-76)122-104-73-84(120-100-52-28-32-56-108(100)124-109-57-33-29-53-101(109)120)61-63-96(104)118-97-64-62-85(121-102-54-30-34-58-110(102)125-111-59-35-31-55-103(111)121)74-105(97)123(114-90(77-40-16-9-17-41-77)71-82(116(4,5)6)72-91(114)78-42-18-10-19-43-78)107-68-80(67-106(122)112(107)118)79-60-65-99-95(66-79)117(92-48-24-22-46-86(92)87-47-23-25-49-93(87)117)94-50-26-27-51-98(94)119(99)83-44-20-11-21-45-83/h7-74H,1-6H3. The normalized spacial score (nSPS) is 13.9. The van der Waals surface area contributed by atoms with E-state index in [1.165, 1.54) is 80.5 Å². The lowest BCUT2D eigenvalue weighted by atomic mass is 9.33. The van der Waals surface area contributed by atoms with Gasteiger partial charge >= 0.3 is 0 Å². The summed E-state index contributed by atoms with van der Waals surface area (Å²) in [4.78, 5) is 17.9. The van der Waals surface area contributed by atoms with Gasteiger partial charge in [-0.05, 0) is 245 Å². The predicted molar refractivity (Wildman–Crippen MR) is 528 cm³/mol. The van der Waals surface area contributed by atoms with Gasteiger partial charge in [-0.15, -0.1) is 0 Å². The number of para-hydroxylation sites is 6. The third-order valence-corrected chi connectivity index (χ3v) is 28.9. The average molecular weight is 1640 g/mol. The summed E-state index contributed by atoms with van der Waals surface area (Å²) in [7, 11) is 0. The first-order valence-electron chi connectivity index (χ1n) is 43.6. The van der Waals surface area contributed by atoms with Gasteiger partial charge in [0.1, 0.15) is 0 Å². The Balaban J connectivity index is 0.894. The van der Waals surface area contributed by atoms with Crippen LogP contribution < -0.4 is 40.9 Å². The van der Waals surface area contributed by atoms with Crippen LogP contribution in [0.3, 0.4) is 0 Å². The van der Waals surface area contributed by atoms with Crippen molar-refractivity contribution in [1.82, 2.24) is 0 Å². The van der Waals surface area contributed by atoms with E-state index in [1.807, 2.05) is 23.5 Å². The van der Waals surface area contributed by atoms with E-state index in [1.54, 1.807) is 0 Å². The fraction of sp³-hybridized carbons (Fsp3) is 0.0769. The molecule has 5 nitrogen and oxygen atoms in total. The Bertz CT molecular complexity index is 6850. The highest BCUT2D eigenvalue weighted by Gasteiger charge is 2.53. The molecule has 0 atom stereocenters. The Morgan fingerprint density at radius 2 is 0.544 bits per heavy atom. The van der Waals surface area contributed by atoms with Gasteiger partial charge in [0.25, 0.3) is 6.71 Å². The van der Waals surface area contributed by atoms with Crippen LogP contribution in [0.2, 0.25) is 0 Å². The van der Waals surface area contributed by atoms with Gasteiger partial charge in [-0.25, -0.2) is 0 Å². The Labute approximate surface area is 741 Å². The minimum Gasteiger partial charge on any atom is -0.310 e. The van der Waals surface area contributed by atoms with Gasteiger partial charge in [-0.3, -0.25) is 0 Å². The van der Waals surface area contributed by atoms with Crippen molar-refractivity contribution in [2.45, 2.75) is 77.4 Å². The van der Waals surface area contributed by atoms with Crippen molar-refractivity contribution in [1.29, 1.82) is 0 Å². The van der Waals surface area contributed by atoms with E-state index in [0.29, 0.717) is 0 Å². The van der Waals surface area contributed by atoms with Crippen LogP contribution in [0.5, 0.6) is 0 Å². The molecule has 594 valence electrons. The van der Waals surface area contributed by atoms with Crippen LogP contribution in [0.25, 0.3) is 66.8 Å². The molecule has 0 saturated carbocycles. The molecule has 5 aliphatic heterocycles. The fourth-order valence-corrected chi connectivity index (χ4v) is 23.1. The van der Waals surface area contributed by atoms with Crippen molar-refractivity contribution in [2.75, 3.05) is 24.5 Å². The Morgan fingerprint density at radius 3 is 0.936 bits per heavy atom. The van der Waals surface area contributed by atoms with E-state index >= 15 is 0 Å². The van der Waals surface area contributed by atoms with Crippen molar-refractivity contribution in [3.8, 4) is 66.8 Å². The van der Waals surface area contributed by atoms with Gasteiger partial charge in [-0.2, -0.15) is 0 Å². The Morgan fingerprint density at radius 1 is 0.216 bits per heavy atom. The molecule has 125 heavy (non-hydrogen) atoms. The molecule has 1 aliphatic carbocycles. The molecule has 0 radical (unpaired) electrons. The molecule has 1 spiro atoms. The third kappa shape index (κ3) is 11.7. The molecule has 18 aromatic rings. The van der Waals surface area contributed by atoms with Crippen molar-refractivity contribution in [3.05, 3.63) is 446 Å². The minimum absolute atomic E-state index is 0.258. The zero-order valence-electron chi connectivity index (χ0n) is 70.4. The van der Waals surface area contributed by atoms with Crippen molar-refractivity contribution >= 4 is 132 Å². The summed E-state index contributed by atoms with van der Waals surface area (Å²) < 4.78 is 0. The third-order valence-electron chi connectivity index (χ3n) is 26.6. The van der Waals surface area contributed by atoms with Gasteiger partial charge in [0.05, 0.1) is 50.9 Å². The van der Waals surface area contributed by atoms with E-state index in [2.05, 4.69) is 479 Å². The second-order valence-electron chi connectivity index (χ2n) is 35.8. The summed E-state index contributed by atoms with van der Waals surface area (Å²) in [5.74, 6) is 0. The summed E-state index contributed by atoms with van der Waals surface area (Å²) in [5, 5.41) is 0. The highest BCUT2D eigenvalue weighted by Crippen LogP contribution is 2.66. The first kappa shape index (κ1) is 74.5. The minimum atomic E-state index is -0.751. The van der Waals surface area contributed by atoms with Crippen LogP contribution in [-0.2, 0) is 16.2 Å². The average Bonchev–Trinajstić information content (AvgIpc) is 1.58. The Hall–Kier alpha value is -14.3. The molecular formula is C117H86BN5S2. The largest absolute Gasteiger partial charge is 0.310 e. The van der Waals surface area contributed by atoms with Crippen LogP contribution in [-0.4, -0.2) is 6.71 Å². The van der Waals surface area contributed by atoms with Crippen molar-refractivity contribution in [2.24, 2.45) is 0 Å². The van der Waals surface area contributed by atoms with Crippen molar-refractivity contribution in [3.63, 3.8) is 0 Å². The Kier molecular flexibility index (Phi) is 17.3. The smallest absolute Gasteiger partial charge is 0.252 e. The second-order valence-corrected chi connectivity index (χ2v) is 38.0. The lowest BCUT2D eigenvalue weighted by Gasteiger charge is -2.47. The quantitative estimate of drug-likeness (QED) is 0.125. The molecule has 8 heteroatoms. The monoisotopic (exact) mass is 1640 g/mol. The summed E-state index contributed by atoms with van der Waals surface area (Å²) in [6.07, 6.45) is 0. The summed E-state index contributed by atoms with van der Waals surface area (Å²) in [5.41, 5.74) is 40.2. The topological polar surface area (TPSA) is 16.2 Å². The van der Waals surface area contributed by atoms with Crippen LogP contribution >= 0.6 is 23.5 Å². The molecule has 0 N–H and O–H groups in total. The number of nitrogens with zero attached hydrogens (tertiary/aromatic N) is 5. The van der Waals surface area contributed by atoms with Gasteiger partial charge < -0.3 is 24.5 Å². The van der Waals surface area contributed by atoms with E-state index in [-0.39, 0.29) is 17.5 Å². The van der Waals surface area contributed by atoms with E-state index in [9.17, 15) is 0 Å². The first-order chi connectivity index (χ1) is 61.3. The van der Waals surface area contributed by atoms with E-state index in [4.69, 9.17) is 0 Å². The maximum Gasteiger partial charge on any atom is 0.252 e. The highest BCUT2D eigenvalue weighted by atomic mass is 32.2. The zero-order chi connectivity index (χ0) is 83.6. The number of hydrogen-bond acceptors (Lipinski definition) is 7. The van der Waals surface area contributed by atoms with Crippen LogP contribution in [0, 0.1) is 0 Å². The number of fused-ring (bicyclic) bond motifs is 17. The molecule has 0 amide bonds. The maximum atomic E-state index is 2.76. The molecule has 5 heterocycles. The summed E-state index contributed by atoms with van der Waals surface area (Å²) in [6.45, 7) is 13.9. The second kappa shape index (κ2) is 28.9. The van der Waals surface area contributed by atoms with E-state index in [0.717, 1.165) is 141 Å². The molecule has 6 aliphatic rings. The molecule has 0 saturated heterocycles. The first-order valence-corrected chi connectivity index (χ1v) is 45.2. The fourth-order valence-electron chi connectivity index (χ4n) is 21.0. The number of hydrogen-bond donors (Lipinski definition) is 0. The molecule has 0 bridgehead atoms. The number of rotatable bonds is 10. The van der Waals surface area contributed by atoms with Gasteiger partial charge in [-0.1, -0.05) is 338 Å². The predicted octanol–water partition coefficient (Wildman–Crippen LogP) is 30.7. The molecule has 18 aromatic carbocycles. The van der Waals surface area contributed by atoms with Gasteiger partial charge in [0.15, 0.2) is 0 Å². The highest BCUT2D eigenvalue weighted by molar-refractivity contribution is 8.00. The lowest BCUT2D eigenvalue weighted by Crippen LogP contribution is -2.61. The molecule has 0 fully saturated rings. The SMILES string of the molecule is CC(C)(C)c1cc(-c2ccccc2)c(N2c3cc(N4c5ccccc5Sc5ccccc54)ccc3B3c4ccc(N5c6ccccc6Sc6ccccc65)cc4N(c4c(-c5ccccc5)cc(C(C)(C)C)cc4-c4ccccc4)c4cc(-c5ccc6c(c5)C5(c7ccccc7-c7ccccc75)c5ccccc5N6c5ccccc5)cc2c43)c(-c2ccccc2)c1. The summed E-state index contributed by atoms with van der Waals surface area (Å²) in [6, 6.07) is 158. The van der Waals surface area contributed by atoms with Gasteiger partial charge in [0, 0.05) is 81.6 Å². The van der Waals surface area contributed by atoms with E-state index < -0.39 is 5.41 Å². The number of anilines is 15. The van der Waals surface area contributed by atoms with Crippen LogP contribution in [0.4, 0.5) is 85.3 Å². The van der Waals surface area contributed by atoms with Gasteiger partial charge in [0.2, 0.25) is 0 Å². The summed E-state index contributed by atoms with van der Waals surface area (Å²) >= 11 is 3.70. The van der Waals surface area contributed by atoms with Crippen LogP contribution in [0.15, 0.2) is 432 Å². The molecule has 0 unspecified atom stereocenters. The number of benzene rings is 18. The van der Waals surface area contributed by atoms with Crippen LogP contribution in [0.1, 0.15) is 74.9 Å². The lowest BCUT2D eigenvalue weighted by molar-refractivity contribution is 0.590. The maximum absolute atomic E-state index is 2.76. The molecule has 24 rings (SSSR count). The van der Waals surface area contributed by atoms with Crippen molar-refractivity contribution < 1.29 is 0 Å². The zero-order valence-corrected chi connectivity index (χ0v) is 72.0.